The lowest BCUT2D eigenvalue weighted by Crippen LogP contribution is -3.08. The van der Waals surface area contributed by atoms with Crippen molar-refractivity contribution in [1.82, 2.24) is 5.32 Å². The van der Waals surface area contributed by atoms with Gasteiger partial charge in [0.05, 0.1) is 13.6 Å². The van der Waals surface area contributed by atoms with Crippen molar-refractivity contribution in [3.8, 4) is 0 Å². The number of hydrogen-bond donors (Lipinski definition) is 3. The molecule has 2 aromatic rings. The van der Waals surface area contributed by atoms with Crippen molar-refractivity contribution in [2.75, 3.05) is 25.5 Å². The second-order valence-corrected chi connectivity index (χ2v) is 7.16. The molecule has 0 aromatic heterocycles. The third-order valence-electron chi connectivity index (χ3n) is 4.26. The van der Waals surface area contributed by atoms with Crippen LogP contribution in [0.1, 0.15) is 30.9 Å². The van der Waals surface area contributed by atoms with Crippen molar-refractivity contribution >= 4 is 17.5 Å². The van der Waals surface area contributed by atoms with Gasteiger partial charge in [-0.1, -0.05) is 38.1 Å². The highest BCUT2D eigenvalue weighted by Gasteiger charge is 2.13. The van der Waals surface area contributed by atoms with Crippen LogP contribution in [0.4, 0.5) is 14.5 Å². The lowest BCUT2D eigenvalue weighted by molar-refractivity contribution is -0.885. The molecule has 0 aliphatic rings. The second-order valence-electron chi connectivity index (χ2n) is 7.16. The van der Waals surface area contributed by atoms with Gasteiger partial charge in [-0.25, -0.2) is 8.78 Å². The zero-order valence-corrected chi connectivity index (χ0v) is 16.3. The normalized spacial score (nSPS) is 11.9. The Kier molecular flexibility index (Phi) is 7.63. The van der Waals surface area contributed by atoms with Crippen LogP contribution >= 0.6 is 0 Å². The Labute approximate surface area is 163 Å². The summed E-state index contributed by atoms with van der Waals surface area (Å²) in [6, 6.07) is 11.4. The van der Waals surface area contributed by atoms with Gasteiger partial charge in [0.2, 0.25) is 5.91 Å². The first-order valence-corrected chi connectivity index (χ1v) is 9.16. The molecule has 0 aliphatic heterocycles. The Morgan fingerprint density at radius 1 is 1.00 bits per heavy atom. The fourth-order valence-corrected chi connectivity index (χ4v) is 2.73. The summed E-state index contributed by atoms with van der Waals surface area (Å²) in [6.07, 6.45) is 0. The number of carbonyl (C=O) groups excluding carboxylic acids is 2. The minimum absolute atomic E-state index is 0.130. The first kappa shape index (κ1) is 21.5. The lowest BCUT2D eigenvalue weighted by Gasteiger charge is -2.14. The summed E-state index contributed by atoms with van der Waals surface area (Å²) in [5.41, 5.74) is 2.53. The number of rotatable bonds is 8. The van der Waals surface area contributed by atoms with Crippen LogP contribution in [0.25, 0.3) is 0 Å². The van der Waals surface area contributed by atoms with E-state index in [9.17, 15) is 18.4 Å². The predicted octanol–water partition coefficient (Wildman–Crippen LogP) is 1.86. The number of amides is 2. The SMILES string of the molecule is CC(C)c1ccc(C[NH+](C)CC(=O)NCC(=O)Nc2ccc(F)c(F)c2)cc1. The summed E-state index contributed by atoms with van der Waals surface area (Å²) in [5.74, 6) is -2.34. The van der Waals surface area contributed by atoms with Crippen LogP contribution in [-0.2, 0) is 16.1 Å². The fraction of sp³-hybridized carbons (Fsp3) is 0.333. The Morgan fingerprint density at radius 2 is 1.68 bits per heavy atom. The standard InChI is InChI=1S/C21H25F2N3O2/c1-14(2)16-6-4-15(5-7-16)12-26(3)13-21(28)24-11-20(27)25-17-8-9-18(22)19(23)10-17/h4-10,14H,11-13H2,1-3H3,(H,24,28)(H,25,27)/p+1. The van der Waals surface area contributed by atoms with Gasteiger partial charge in [-0.05, 0) is 23.6 Å². The molecule has 0 spiro atoms. The van der Waals surface area contributed by atoms with Crippen LogP contribution in [0.2, 0.25) is 0 Å². The molecule has 0 saturated carbocycles. The molecule has 2 rings (SSSR count). The molecule has 2 amide bonds. The summed E-state index contributed by atoms with van der Waals surface area (Å²) in [4.78, 5) is 24.8. The second kappa shape index (κ2) is 9.94. The summed E-state index contributed by atoms with van der Waals surface area (Å²) in [5, 5.41) is 4.94. The van der Waals surface area contributed by atoms with Crippen molar-refractivity contribution in [3.63, 3.8) is 0 Å². The quantitative estimate of drug-likeness (QED) is 0.644. The highest BCUT2D eigenvalue weighted by atomic mass is 19.2. The predicted molar refractivity (Wildman–Crippen MR) is 104 cm³/mol. The molecular weight excluding hydrogens is 364 g/mol. The van der Waals surface area contributed by atoms with E-state index in [-0.39, 0.29) is 24.7 Å². The smallest absolute Gasteiger partial charge is 0.275 e. The summed E-state index contributed by atoms with van der Waals surface area (Å²) < 4.78 is 26.0. The monoisotopic (exact) mass is 390 g/mol. The van der Waals surface area contributed by atoms with E-state index in [0.717, 1.165) is 22.6 Å². The Hall–Kier alpha value is -2.80. The van der Waals surface area contributed by atoms with E-state index in [1.54, 1.807) is 0 Å². The molecule has 3 N–H and O–H groups in total. The van der Waals surface area contributed by atoms with E-state index in [0.29, 0.717) is 12.5 Å². The average Bonchev–Trinajstić information content (AvgIpc) is 2.63. The van der Waals surface area contributed by atoms with E-state index in [2.05, 4.69) is 48.7 Å². The van der Waals surface area contributed by atoms with Crippen LogP contribution in [-0.4, -0.2) is 32.0 Å². The van der Waals surface area contributed by atoms with Crippen molar-refractivity contribution < 1.29 is 23.3 Å². The van der Waals surface area contributed by atoms with Crippen molar-refractivity contribution in [3.05, 3.63) is 65.2 Å². The minimum atomic E-state index is -1.05. The van der Waals surface area contributed by atoms with Gasteiger partial charge in [-0.2, -0.15) is 0 Å². The number of anilines is 1. The van der Waals surface area contributed by atoms with E-state index in [1.165, 1.54) is 11.6 Å². The largest absolute Gasteiger partial charge is 0.342 e. The van der Waals surface area contributed by atoms with Crippen LogP contribution in [0, 0.1) is 11.6 Å². The zero-order chi connectivity index (χ0) is 20.7. The molecular formula is C21H26F2N3O2+. The van der Waals surface area contributed by atoms with Crippen LogP contribution in [0.5, 0.6) is 0 Å². The highest BCUT2D eigenvalue weighted by molar-refractivity contribution is 5.94. The van der Waals surface area contributed by atoms with Crippen LogP contribution < -0.4 is 15.5 Å². The van der Waals surface area contributed by atoms with Gasteiger partial charge in [-0.15, -0.1) is 0 Å². The lowest BCUT2D eigenvalue weighted by atomic mass is 10.0. The van der Waals surface area contributed by atoms with E-state index in [4.69, 9.17) is 0 Å². The van der Waals surface area contributed by atoms with E-state index in [1.807, 2.05) is 7.05 Å². The Bertz CT molecular complexity index is 823. The third-order valence-corrected chi connectivity index (χ3v) is 4.26. The van der Waals surface area contributed by atoms with Gasteiger partial charge in [-0.3, -0.25) is 9.59 Å². The summed E-state index contributed by atoms with van der Waals surface area (Å²) in [7, 11) is 1.90. The molecule has 0 fully saturated rings. The average molecular weight is 390 g/mol. The first-order valence-electron chi connectivity index (χ1n) is 9.16. The number of hydrogen-bond acceptors (Lipinski definition) is 2. The molecule has 0 saturated heterocycles. The molecule has 7 heteroatoms. The summed E-state index contributed by atoms with van der Waals surface area (Å²) in [6.45, 7) is 4.93. The maximum absolute atomic E-state index is 13.1. The first-order chi connectivity index (χ1) is 13.2. The van der Waals surface area contributed by atoms with Gasteiger partial charge in [0.15, 0.2) is 18.2 Å². The van der Waals surface area contributed by atoms with Gasteiger partial charge in [0.1, 0.15) is 6.54 Å². The highest BCUT2D eigenvalue weighted by Crippen LogP contribution is 2.14. The molecule has 28 heavy (non-hydrogen) atoms. The number of carbonyl (C=O) groups is 2. The fourth-order valence-electron chi connectivity index (χ4n) is 2.73. The number of quaternary nitrogens is 1. The molecule has 0 bridgehead atoms. The molecule has 0 radical (unpaired) electrons. The number of nitrogens with one attached hydrogen (secondary N) is 3. The Balaban J connectivity index is 1.74. The van der Waals surface area contributed by atoms with E-state index >= 15 is 0 Å². The molecule has 1 atom stereocenters. The van der Waals surface area contributed by atoms with Gasteiger partial charge in [0, 0.05) is 17.3 Å². The van der Waals surface area contributed by atoms with Crippen molar-refractivity contribution in [2.45, 2.75) is 26.3 Å². The molecule has 150 valence electrons. The molecule has 5 nitrogen and oxygen atoms in total. The van der Waals surface area contributed by atoms with Gasteiger partial charge in [0.25, 0.3) is 5.91 Å². The van der Waals surface area contributed by atoms with E-state index < -0.39 is 17.5 Å². The Morgan fingerprint density at radius 3 is 2.29 bits per heavy atom. The number of benzene rings is 2. The number of likely N-dealkylation sites (N-methyl/N-ethyl adjacent to an activating group) is 1. The van der Waals surface area contributed by atoms with Gasteiger partial charge < -0.3 is 15.5 Å². The van der Waals surface area contributed by atoms with Crippen molar-refractivity contribution in [2.24, 2.45) is 0 Å². The summed E-state index contributed by atoms with van der Waals surface area (Å²) >= 11 is 0. The maximum Gasteiger partial charge on any atom is 0.275 e. The molecule has 2 aromatic carbocycles. The van der Waals surface area contributed by atoms with Gasteiger partial charge >= 0.3 is 0 Å². The van der Waals surface area contributed by atoms with Crippen LogP contribution in [0.3, 0.4) is 0 Å². The zero-order valence-electron chi connectivity index (χ0n) is 16.3. The third kappa shape index (κ3) is 6.74. The number of halogens is 2. The topological polar surface area (TPSA) is 62.6 Å². The maximum atomic E-state index is 13.1. The van der Waals surface area contributed by atoms with Crippen molar-refractivity contribution in [1.29, 1.82) is 0 Å². The minimum Gasteiger partial charge on any atom is -0.342 e. The van der Waals surface area contributed by atoms with Crippen LogP contribution in [0.15, 0.2) is 42.5 Å². The molecule has 0 aliphatic carbocycles. The molecule has 0 heterocycles. The molecule has 1 unspecified atom stereocenters.